The lowest BCUT2D eigenvalue weighted by Gasteiger charge is -2.39. The summed E-state index contributed by atoms with van der Waals surface area (Å²) >= 11 is 0. The average Bonchev–Trinajstić information content (AvgIpc) is 2.19. The number of phenolic OH excluding ortho intramolecular Hbond substituents is 1. The highest BCUT2D eigenvalue weighted by molar-refractivity contribution is 5.41. The summed E-state index contributed by atoms with van der Waals surface area (Å²) in [7, 11) is 0. The first-order valence-corrected chi connectivity index (χ1v) is 6.67. The Hall–Kier alpha value is -0.980. The summed E-state index contributed by atoms with van der Waals surface area (Å²) in [5.41, 5.74) is 2.56. The minimum absolute atomic E-state index is 0.401. The molecule has 1 aromatic carbocycles. The second-order valence-electron chi connectivity index (χ2n) is 6.62. The standard InChI is InChI=1S/C16H24O/c1-11-8-13(10-16(3,4)9-11)14-7-5-6-12(2)15(14)17/h5-7,11,13,17H,8-10H2,1-4H3. The van der Waals surface area contributed by atoms with Crippen molar-refractivity contribution < 1.29 is 5.11 Å². The van der Waals surface area contributed by atoms with E-state index in [0.29, 0.717) is 17.1 Å². The highest BCUT2D eigenvalue weighted by atomic mass is 16.3. The van der Waals surface area contributed by atoms with Crippen LogP contribution in [0.1, 0.15) is 57.1 Å². The van der Waals surface area contributed by atoms with E-state index in [0.717, 1.165) is 17.0 Å². The molecule has 0 radical (unpaired) electrons. The molecule has 1 N–H and O–H groups in total. The van der Waals surface area contributed by atoms with E-state index >= 15 is 0 Å². The summed E-state index contributed by atoms with van der Waals surface area (Å²) in [5, 5.41) is 10.2. The van der Waals surface area contributed by atoms with Crippen molar-refractivity contribution in [2.45, 2.75) is 52.9 Å². The maximum atomic E-state index is 10.2. The van der Waals surface area contributed by atoms with Crippen molar-refractivity contribution in [3.05, 3.63) is 29.3 Å². The number of para-hydroxylation sites is 1. The molecule has 1 fully saturated rings. The van der Waals surface area contributed by atoms with Gasteiger partial charge in [-0.3, -0.25) is 0 Å². The number of hydrogen-bond donors (Lipinski definition) is 1. The van der Waals surface area contributed by atoms with Crippen LogP contribution in [0, 0.1) is 18.3 Å². The van der Waals surface area contributed by atoms with Gasteiger partial charge in [0.2, 0.25) is 0 Å². The number of aryl methyl sites for hydroxylation is 1. The first-order valence-electron chi connectivity index (χ1n) is 6.67. The van der Waals surface area contributed by atoms with Crippen molar-refractivity contribution in [3.63, 3.8) is 0 Å². The third-order valence-electron chi connectivity index (χ3n) is 4.10. The minimum Gasteiger partial charge on any atom is -0.507 e. The van der Waals surface area contributed by atoms with Gasteiger partial charge >= 0.3 is 0 Å². The summed E-state index contributed by atoms with van der Waals surface area (Å²) in [6.07, 6.45) is 3.70. The molecule has 2 rings (SSSR count). The Labute approximate surface area is 105 Å². The number of phenols is 1. The fourth-order valence-electron chi connectivity index (χ4n) is 3.59. The summed E-state index contributed by atoms with van der Waals surface area (Å²) in [4.78, 5) is 0. The van der Waals surface area contributed by atoms with E-state index in [1.165, 1.54) is 19.3 Å². The fraction of sp³-hybridized carbons (Fsp3) is 0.625. The van der Waals surface area contributed by atoms with Crippen LogP contribution in [0.2, 0.25) is 0 Å². The Morgan fingerprint density at radius 3 is 2.59 bits per heavy atom. The third-order valence-corrected chi connectivity index (χ3v) is 4.10. The van der Waals surface area contributed by atoms with Crippen LogP contribution in [-0.4, -0.2) is 5.11 Å². The average molecular weight is 232 g/mol. The van der Waals surface area contributed by atoms with Gasteiger partial charge in [-0.25, -0.2) is 0 Å². The first kappa shape index (κ1) is 12.5. The number of hydrogen-bond acceptors (Lipinski definition) is 1. The van der Waals surface area contributed by atoms with Gasteiger partial charge in [-0.15, -0.1) is 0 Å². The van der Waals surface area contributed by atoms with Crippen LogP contribution in [0.5, 0.6) is 5.75 Å². The van der Waals surface area contributed by atoms with Crippen LogP contribution < -0.4 is 0 Å². The maximum Gasteiger partial charge on any atom is 0.121 e. The van der Waals surface area contributed by atoms with Crippen LogP contribution in [0.4, 0.5) is 0 Å². The Bertz CT molecular complexity index is 406. The van der Waals surface area contributed by atoms with E-state index in [9.17, 15) is 5.11 Å². The second-order valence-corrected chi connectivity index (χ2v) is 6.62. The van der Waals surface area contributed by atoms with Crippen LogP contribution in [0.25, 0.3) is 0 Å². The molecule has 1 aliphatic rings. The lowest BCUT2D eigenvalue weighted by molar-refractivity contribution is 0.167. The van der Waals surface area contributed by atoms with E-state index in [-0.39, 0.29) is 0 Å². The van der Waals surface area contributed by atoms with E-state index in [2.05, 4.69) is 32.9 Å². The van der Waals surface area contributed by atoms with Gasteiger partial charge in [0.15, 0.2) is 0 Å². The van der Waals surface area contributed by atoms with Gasteiger partial charge in [0.25, 0.3) is 0 Å². The van der Waals surface area contributed by atoms with Gasteiger partial charge in [-0.2, -0.15) is 0 Å². The van der Waals surface area contributed by atoms with Crippen molar-refractivity contribution in [2.24, 2.45) is 11.3 Å². The molecule has 0 heterocycles. The zero-order valence-electron chi connectivity index (χ0n) is 11.5. The van der Waals surface area contributed by atoms with E-state index in [1.54, 1.807) is 0 Å². The molecular weight excluding hydrogens is 208 g/mol. The van der Waals surface area contributed by atoms with Crippen LogP contribution in [0.3, 0.4) is 0 Å². The van der Waals surface area contributed by atoms with Crippen LogP contribution in [0.15, 0.2) is 18.2 Å². The molecule has 2 unspecified atom stereocenters. The lowest BCUT2D eigenvalue weighted by atomic mass is 9.66. The summed E-state index contributed by atoms with van der Waals surface area (Å²) < 4.78 is 0. The Kier molecular flexibility index (Phi) is 3.20. The highest BCUT2D eigenvalue weighted by Gasteiger charge is 2.33. The number of aromatic hydroxyl groups is 1. The van der Waals surface area contributed by atoms with Crippen LogP contribution in [-0.2, 0) is 0 Å². The van der Waals surface area contributed by atoms with Crippen molar-refractivity contribution in [3.8, 4) is 5.75 Å². The van der Waals surface area contributed by atoms with Gasteiger partial charge in [0.05, 0.1) is 0 Å². The highest BCUT2D eigenvalue weighted by Crippen LogP contribution is 2.47. The van der Waals surface area contributed by atoms with Gasteiger partial charge < -0.3 is 5.11 Å². The number of rotatable bonds is 1. The van der Waals surface area contributed by atoms with Gasteiger partial charge in [-0.05, 0) is 54.6 Å². The minimum atomic E-state index is 0.401. The second kappa shape index (κ2) is 4.36. The third kappa shape index (κ3) is 2.65. The van der Waals surface area contributed by atoms with Gasteiger partial charge in [0.1, 0.15) is 5.75 Å². The predicted molar refractivity (Wildman–Crippen MR) is 72.4 cm³/mol. The molecule has 17 heavy (non-hydrogen) atoms. The Morgan fingerprint density at radius 1 is 1.24 bits per heavy atom. The topological polar surface area (TPSA) is 20.2 Å². The predicted octanol–water partition coefficient (Wildman–Crippen LogP) is 4.63. The largest absolute Gasteiger partial charge is 0.507 e. The SMILES string of the molecule is Cc1cccc(C2CC(C)CC(C)(C)C2)c1O. The molecule has 0 amide bonds. The quantitative estimate of drug-likeness (QED) is 0.748. The molecule has 94 valence electrons. The Morgan fingerprint density at radius 2 is 1.94 bits per heavy atom. The number of benzene rings is 1. The lowest BCUT2D eigenvalue weighted by Crippen LogP contribution is -2.26. The molecule has 1 nitrogen and oxygen atoms in total. The summed E-state index contributed by atoms with van der Waals surface area (Å²) in [6, 6.07) is 6.15. The molecule has 0 aliphatic heterocycles. The first-order chi connectivity index (χ1) is 7.89. The van der Waals surface area contributed by atoms with Gasteiger partial charge in [-0.1, -0.05) is 39.0 Å². The van der Waals surface area contributed by atoms with Gasteiger partial charge in [0, 0.05) is 0 Å². The van der Waals surface area contributed by atoms with Crippen molar-refractivity contribution in [1.29, 1.82) is 0 Å². The maximum absolute atomic E-state index is 10.2. The molecule has 1 aliphatic carbocycles. The van der Waals surface area contributed by atoms with E-state index in [1.807, 2.05) is 13.0 Å². The smallest absolute Gasteiger partial charge is 0.121 e. The van der Waals surface area contributed by atoms with Crippen molar-refractivity contribution >= 4 is 0 Å². The molecule has 1 aromatic rings. The Balaban J connectivity index is 2.30. The zero-order chi connectivity index (χ0) is 12.6. The fourth-order valence-corrected chi connectivity index (χ4v) is 3.59. The molecule has 0 bridgehead atoms. The van der Waals surface area contributed by atoms with E-state index in [4.69, 9.17) is 0 Å². The normalized spacial score (nSPS) is 28.0. The molecule has 1 saturated carbocycles. The monoisotopic (exact) mass is 232 g/mol. The molecule has 1 heteroatoms. The van der Waals surface area contributed by atoms with Crippen molar-refractivity contribution in [2.75, 3.05) is 0 Å². The van der Waals surface area contributed by atoms with E-state index < -0.39 is 0 Å². The van der Waals surface area contributed by atoms with Crippen molar-refractivity contribution in [1.82, 2.24) is 0 Å². The van der Waals surface area contributed by atoms with Crippen LogP contribution >= 0.6 is 0 Å². The molecular formula is C16H24O. The molecule has 0 aromatic heterocycles. The molecule has 0 spiro atoms. The summed E-state index contributed by atoms with van der Waals surface area (Å²) in [5.74, 6) is 1.79. The molecule has 0 saturated heterocycles. The summed E-state index contributed by atoms with van der Waals surface area (Å²) in [6.45, 7) is 9.02. The molecule has 2 atom stereocenters. The zero-order valence-corrected chi connectivity index (χ0v) is 11.5.